The number of Topliss-reactive ketones (excluding diaryl/α,β-unsaturated/α-hetero) is 1. The van der Waals surface area contributed by atoms with Crippen molar-refractivity contribution in [3.63, 3.8) is 0 Å². The van der Waals surface area contributed by atoms with Crippen molar-refractivity contribution in [3.8, 4) is 23.0 Å². The number of hydrogen-bond donors (Lipinski definition) is 1. The van der Waals surface area contributed by atoms with Crippen LogP contribution in [-0.4, -0.2) is 70.2 Å². The molecular formula is C28H34N2O7. The highest BCUT2D eigenvalue weighted by Gasteiger charge is 2.44. The van der Waals surface area contributed by atoms with Crippen LogP contribution in [-0.2, 0) is 9.59 Å². The summed E-state index contributed by atoms with van der Waals surface area (Å²) < 4.78 is 22.7. The normalized spacial score (nSPS) is 18.4. The summed E-state index contributed by atoms with van der Waals surface area (Å²) in [5, 5.41) is 13.8. The number of rotatable bonds is 10. The van der Waals surface area contributed by atoms with E-state index in [0.29, 0.717) is 68.0 Å². The summed E-state index contributed by atoms with van der Waals surface area (Å²) in [5.74, 6) is 0.0763. The number of benzene rings is 2. The number of nitrogens with zero attached hydrogens (tertiary/aromatic N) is 1. The molecule has 0 aromatic heterocycles. The maximum absolute atomic E-state index is 13.8. The number of amides is 1. The van der Waals surface area contributed by atoms with Crippen LogP contribution in [0.1, 0.15) is 37.4 Å². The number of hydrogen-bond acceptors (Lipinski definition) is 7. The van der Waals surface area contributed by atoms with Gasteiger partial charge in [-0.1, -0.05) is 17.9 Å². The average Bonchev–Trinajstić information content (AvgIpc) is 3.14. The van der Waals surface area contributed by atoms with E-state index in [1.54, 1.807) is 36.4 Å². The standard InChI is InChI=1S/C28H34N2O7/c1-5-34-20-10-8-18(16-22(20)35-6-2)25-24(27(32)28(33)30(25)13-7-12-29(3)4)26(31)19-9-11-21-23(17-19)37-15-14-36-21/h8-11,16-17,25,31H,5-7,12-15H2,1-4H3/b26-24+. The Morgan fingerprint density at radius 3 is 2.41 bits per heavy atom. The molecule has 1 unspecified atom stereocenters. The van der Waals surface area contributed by atoms with Gasteiger partial charge in [0.1, 0.15) is 13.2 Å². The Bertz CT molecular complexity index is 1190. The molecule has 2 aliphatic rings. The number of ether oxygens (including phenoxy) is 4. The third kappa shape index (κ3) is 5.51. The Labute approximate surface area is 217 Å². The monoisotopic (exact) mass is 510 g/mol. The second kappa shape index (κ2) is 11.6. The van der Waals surface area contributed by atoms with Crippen LogP contribution in [0.15, 0.2) is 42.0 Å². The molecule has 1 atom stereocenters. The fraction of sp³-hybridized carbons (Fsp3) is 0.429. The molecule has 0 bridgehead atoms. The highest BCUT2D eigenvalue weighted by molar-refractivity contribution is 6.46. The van der Waals surface area contributed by atoms with Crippen molar-refractivity contribution in [2.24, 2.45) is 0 Å². The van der Waals surface area contributed by atoms with Gasteiger partial charge in [0.2, 0.25) is 5.78 Å². The van der Waals surface area contributed by atoms with E-state index in [-0.39, 0.29) is 11.1 Å². The number of carbonyl (C=O) groups is 2. The lowest BCUT2D eigenvalue weighted by molar-refractivity contribution is -0.858. The largest absolute Gasteiger partial charge is 0.872 e. The van der Waals surface area contributed by atoms with E-state index in [2.05, 4.69) is 0 Å². The molecule has 1 N–H and O–H groups in total. The molecule has 2 aromatic carbocycles. The van der Waals surface area contributed by atoms with Crippen molar-refractivity contribution in [1.29, 1.82) is 0 Å². The number of nitrogens with one attached hydrogen (secondary N) is 1. The minimum absolute atomic E-state index is 0.0783. The number of ketones is 1. The highest BCUT2D eigenvalue weighted by atomic mass is 16.6. The van der Waals surface area contributed by atoms with Crippen molar-refractivity contribution in [3.05, 3.63) is 53.1 Å². The first kappa shape index (κ1) is 26.3. The fourth-order valence-corrected chi connectivity index (χ4v) is 4.63. The Morgan fingerprint density at radius 1 is 1.00 bits per heavy atom. The van der Waals surface area contributed by atoms with Gasteiger partial charge in [-0.25, -0.2) is 0 Å². The number of carbonyl (C=O) groups excluding carboxylic acids is 2. The van der Waals surface area contributed by atoms with Crippen molar-refractivity contribution in [1.82, 2.24) is 4.90 Å². The third-order valence-electron chi connectivity index (χ3n) is 6.29. The summed E-state index contributed by atoms with van der Waals surface area (Å²) in [7, 11) is 4.05. The molecule has 0 saturated carbocycles. The molecule has 198 valence electrons. The lowest BCUT2D eigenvalue weighted by atomic mass is 9.94. The van der Waals surface area contributed by atoms with Crippen molar-refractivity contribution >= 4 is 17.4 Å². The Kier molecular flexibility index (Phi) is 8.23. The van der Waals surface area contributed by atoms with E-state index in [9.17, 15) is 14.7 Å². The van der Waals surface area contributed by atoms with Gasteiger partial charge in [0, 0.05) is 18.5 Å². The van der Waals surface area contributed by atoms with E-state index in [4.69, 9.17) is 18.9 Å². The quantitative estimate of drug-likeness (QED) is 0.289. The smallest absolute Gasteiger partial charge is 0.295 e. The fourth-order valence-electron chi connectivity index (χ4n) is 4.63. The van der Waals surface area contributed by atoms with E-state index in [1.807, 2.05) is 27.9 Å². The van der Waals surface area contributed by atoms with E-state index < -0.39 is 23.5 Å². The SMILES string of the molecule is CCOc1ccc(C2/C(=C(\[O-])c3ccc4c(c3)OCCO4)C(=O)C(=O)N2CCC[NH+](C)C)cc1OCC. The molecule has 37 heavy (non-hydrogen) atoms. The molecule has 1 fully saturated rings. The lowest BCUT2D eigenvalue weighted by Crippen LogP contribution is -3.05. The minimum atomic E-state index is -0.840. The maximum Gasteiger partial charge on any atom is 0.295 e. The molecule has 0 radical (unpaired) electrons. The summed E-state index contributed by atoms with van der Waals surface area (Å²) in [6.07, 6.45) is 0.679. The molecule has 1 saturated heterocycles. The zero-order valence-corrected chi connectivity index (χ0v) is 21.8. The van der Waals surface area contributed by atoms with Gasteiger partial charge in [0.15, 0.2) is 23.0 Å². The molecule has 0 spiro atoms. The van der Waals surface area contributed by atoms with Gasteiger partial charge < -0.3 is 33.9 Å². The minimum Gasteiger partial charge on any atom is -0.872 e. The van der Waals surface area contributed by atoms with Crippen LogP contribution in [0.5, 0.6) is 23.0 Å². The lowest BCUT2D eigenvalue weighted by Gasteiger charge is -2.28. The summed E-state index contributed by atoms with van der Waals surface area (Å²) in [5.41, 5.74) is 0.802. The van der Waals surface area contributed by atoms with Crippen LogP contribution in [0.3, 0.4) is 0 Å². The highest BCUT2D eigenvalue weighted by Crippen LogP contribution is 2.42. The zero-order valence-electron chi connectivity index (χ0n) is 21.8. The second-order valence-electron chi connectivity index (χ2n) is 9.21. The van der Waals surface area contributed by atoms with Gasteiger partial charge in [-0.15, -0.1) is 0 Å². The van der Waals surface area contributed by atoms with Crippen LogP contribution in [0.25, 0.3) is 5.76 Å². The number of fused-ring (bicyclic) bond motifs is 1. The van der Waals surface area contributed by atoms with Crippen LogP contribution in [0.2, 0.25) is 0 Å². The molecule has 1 amide bonds. The van der Waals surface area contributed by atoms with E-state index in [0.717, 1.165) is 6.54 Å². The van der Waals surface area contributed by atoms with Crippen LogP contribution < -0.4 is 29.0 Å². The van der Waals surface area contributed by atoms with Crippen LogP contribution in [0, 0.1) is 0 Å². The van der Waals surface area contributed by atoms with Gasteiger partial charge in [0.05, 0.1) is 39.9 Å². The average molecular weight is 511 g/mol. The Balaban J connectivity index is 1.82. The summed E-state index contributed by atoms with van der Waals surface area (Å²) in [6, 6.07) is 9.27. The third-order valence-corrected chi connectivity index (χ3v) is 6.29. The van der Waals surface area contributed by atoms with Gasteiger partial charge in [-0.2, -0.15) is 0 Å². The molecule has 9 nitrogen and oxygen atoms in total. The van der Waals surface area contributed by atoms with Crippen molar-refractivity contribution in [2.45, 2.75) is 26.3 Å². The number of quaternary nitrogens is 1. The number of likely N-dealkylation sites (tertiary alicyclic amines) is 1. The molecule has 2 aliphatic heterocycles. The first-order valence-corrected chi connectivity index (χ1v) is 12.7. The van der Waals surface area contributed by atoms with Crippen molar-refractivity contribution in [2.75, 3.05) is 53.6 Å². The Hall–Kier alpha value is -3.72. The molecule has 4 rings (SSSR count). The van der Waals surface area contributed by atoms with Crippen LogP contribution >= 0.6 is 0 Å². The predicted molar refractivity (Wildman–Crippen MR) is 135 cm³/mol. The van der Waals surface area contributed by atoms with Gasteiger partial charge in [-0.3, -0.25) is 9.59 Å². The van der Waals surface area contributed by atoms with Gasteiger partial charge >= 0.3 is 0 Å². The molecule has 2 aromatic rings. The first-order valence-electron chi connectivity index (χ1n) is 12.7. The van der Waals surface area contributed by atoms with Crippen molar-refractivity contribution < 1.29 is 38.5 Å². The molecule has 0 aliphatic carbocycles. The first-order chi connectivity index (χ1) is 17.8. The zero-order chi connectivity index (χ0) is 26.5. The molecule has 2 heterocycles. The molecule has 9 heteroatoms. The van der Waals surface area contributed by atoms with E-state index in [1.165, 1.54) is 9.80 Å². The summed E-state index contributed by atoms with van der Waals surface area (Å²) in [6.45, 7) is 6.56. The predicted octanol–water partition coefficient (Wildman–Crippen LogP) is 1.01. The van der Waals surface area contributed by atoms with Crippen LogP contribution in [0.4, 0.5) is 0 Å². The molecular weight excluding hydrogens is 476 g/mol. The van der Waals surface area contributed by atoms with E-state index >= 15 is 0 Å². The topological polar surface area (TPSA) is 102 Å². The Morgan fingerprint density at radius 2 is 1.70 bits per heavy atom. The van der Waals surface area contributed by atoms with Gasteiger partial charge in [0.25, 0.3) is 5.91 Å². The summed E-state index contributed by atoms with van der Waals surface area (Å²) in [4.78, 5) is 29.3. The second-order valence-corrected chi connectivity index (χ2v) is 9.21. The summed E-state index contributed by atoms with van der Waals surface area (Å²) >= 11 is 0. The van der Waals surface area contributed by atoms with Gasteiger partial charge in [-0.05, 0) is 49.2 Å². The maximum atomic E-state index is 13.8.